The topological polar surface area (TPSA) is 161 Å². The standard InChI is InChI=1S/C36H48O14/c1-35(2,3)49-33(39)21-31(37)47-23-25-7-9-27-29(19-25)45-17-13-41-12-16-44-28-10-8-26(20-30(28)46-18-14-42-11-15-43-27)24-48-32(38)22-34(40)50-36(4,5)6/h7-10,19-20H,11-18,21-24H2,1-6H3. The molecule has 0 aliphatic carbocycles. The van der Waals surface area contributed by atoms with Crippen LogP contribution in [0.3, 0.4) is 0 Å². The van der Waals surface area contributed by atoms with Crippen molar-refractivity contribution in [3.8, 4) is 23.0 Å². The lowest BCUT2D eigenvalue weighted by atomic mass is 10.2. The highest BCUT2D eigenvalue weighted by atomic mass is 16.6. The van der Waals surface area contributed by atoms with Gasteiger partial charge in [-0.2, -0.15) is 0 Å². The van der Waals surface area contributed by atoms with Gasteiger partial charge in [0.05, 0.1) is 26.4 Å². The third-order valence-corrected chi connectivity index (χ3v) is 6.17. The minimum Gasteiger partial charge on any atom is -0.487 e. The molecule has 0 atom stereocenters. The van der Waals surface area contributed by atoms with Gasteiger partial charge in [0.1, 0.15) is 63.7 Å². The van der Waals surface area contributed by atoms with Crippen LogP contribution in [0.2, 0.25) is 0 Å². The fraction of sp³-hybridized carbons (Fsp3) is 0.556. The Balaban J connectivity index is 1.52. The number of esters is 4. The molecule has 50 heavy (non-hydrogen) atoms. The average molecular weight is 705 g/mol. The number of ether oxygens (including phenoxy) is 10. The van der Waals surface area contributed by atoms with Crippen LogP contribution in [-0.4, -0.2) is 87.9 Å². The van der Waals surface area contributed by atoms with Gasteiger partial charge in [-0.1, -0.05) is 12.1 Å². The molecule has 0 radical (unpaired) electrons. The zero-order chi connectivity index (χ0) is 36.6. The molecular weight excluding hydrogens is 656 g/mol. The van der Waals surface area contributed by atoms with Crippen molar-refractivity contribution in [2.75, 3.05) is 52.9 Å². The molecule has 0 saturated heterocycles. The Hall–Kier alpha value is -4.56. The van der Waals surface area contributed by atoms with Crippen LogP contribution in [0.25, 0.3) is 0 Å². The van der Waals surface area contributed by atoms with E-state index in [1.807, 2.05) is 0 Å². The smallest absolute Gasteiger partial charge is 0.317 e. The second-order valence-electron chi connectivity index (χ2n) is 13.0. The fourth-order valence-corrected chi connectivity index (χ4v) is 4.22. The molecule has 2 aromatic rings. The molecule has 14 heteroatoms. The Morgan fingerprint density at radius 1 is 0.500 bits per heavy atom. The molecule has 1 heterocycles. The Bertz CT molecular complexity index is 1320. The van der Waals surface area contributed by atoms with Gasteiger partial charge in [-0.25, -0.2) is 0 Å². The van der Waals surface area contributed by atoms with Crippen LogP contribution in [0.1, 0.15) is 65.5 Å². The molecule has 0 amide bonds. The highest BCUT2D eigenvalue weighted by molar-refractivity contribution is 5.91. The number of hydrogen-bond acceptors (Lipinski definition) is 14. The number of benzene rings is 2. The summed E-state index contributed by atoms with van der Waals surface area (Å²) < 4.78 is 55.8. The maximum atomic E-state index is 12.2. The predicted molar refractivity (Wildman–Crippen MR) is 177 cm³/mol. The lowest BCUT2D eigenvalue weighted by Gasteiger charge is -2.19. The summed E-state index contributed by atoms with van der Waals surface area (Å²) in [5.74, 6) is -0.940. The van der Waals surface area contributed by atoms with Crippen molar-refractivity contribution < 1.29 is 66.5 Å². The van der Waals surface area contributed by atoms with E-state index in [-0.39, 0.29) is 66.1 Å². The van der Waals surface area contributed by atoms with Crippen molar-refractivity contribution in [1.29, 1.82) is 0 Å². The minimum absolute atomic E-state index is 0.0720. The maximum Gasteiger partial charge on any atom is 0.317 e. The molecule has 0 N–H and O–H groups in total. The minimum atomic E-state index is -0.701. The first-order valence-corrected chi connectivity index (χ1v) is 16.3. The number of rotatable bonds is 8. The van der Waals surface area contributed by atoms with Crippen molar-refractivity contribution >= 4 is 23.9 Å². The molecule has 0 unspecified atom stereocenters. The fourth-order valence-electron chi connectivity index (χ4n) is 4.22. The molecule has 0 spiro atoms. The van der Waals surface area contributed by atoms with E-state index < -0.39 is 47.9 Å². The second kappa shape index (κ2) is 19.6. The van der Waals surface area contributed by atoms with Crippen LogP contribution in [0, 0.1) is 0 Å². The van der Waals surface area contributed by atoms with Crippen LogP contribution >= 0.6 is 0 Å². The summed E-state index contributed by atoms with van der Waals surface area (Å²) >= 11 is 0. The lowest BCUT2D eigenvalue weighted by molar-refractivity contribution is -0.164. The summed E-state index contributed by atoms with van der Waals surface area (Å²) in [5, 5.41) is 0. The van der Waals surface area contributed by atoms with Gasteiger partial charge in [0, 0.05) is 0 Å². The summed E-state index contributed by atoms with van der Waals surface area (Å²) in [6, 6.07) is 10.2. The van der Waals surface area contributed by atoms with Gasteiger partial charge in [-0.3, -0.25) is 19.2 Å². The summed E-state index contributed by atoms with van der Waals surface area (Å²) in [7, 11) is 0. The average Bonchev–Trinajstić information content (AvgIpc) is 3.00. The quantitative estimate of drug-likeness (QED) is 0.215. The van der Waals surface area contributed by atoms with E-state index in [1.165, 1.54) is 0 Å². The molecule has 2 aromatic carbocycles. The van der Waals surface area contributed by atoms with Gasteiger partial charge in [0.15, 0.2) is 23.0 Å². The van der Waals surface area contributed by atoms with Crippen LogP contribution < -0.4 is 18.9 Å². The Morgan fingerprint density at radius 3 is 1.18 bits per heavy atom. The Kier molecular flexibility index (Phi) is 15.6. The van der Waals surface area contributed by atoms with Gasteiger partial charge in [-0.15, -0.1) is 0 Å². The molecular formula is C36H48O14. The van der Waals surface area contributed by atoms with E-state index >= 15 is 0 Å². The molecule has 0 aromatic heterocycles. The molecule has 276 valence electrons. The molecule has 0 fully saturated rings. The molecule has 1 aliphatic heterocycles. The Labute approximate surface area is 292 Å². The van der Waals surface area contributed by atoms with E-state index in [4.69, 9.17) is 47.4 Å². The van der Waals surface area contributed by atoms with Gasteiger partial charge >= 0.3 is 23.9 Å². The number of carbonyl (C=O) groups is 4. The van der Waals surface area contributed by atoms with Gasteiger partial charge in [-0.05, 0) is 76.9 Å². The monoisotopic (exact) mass is 704 g/mol. The molecule has 0 bridgehead atoms. The van der Waals surface area contributed by atoms with Gasteiger partial charge in [0.25, 0.3) is 0 Å². The second-order valence-corrected chi connectivity index (χ2v) is 13.0. The SMILES string of the molecule is CC(C)(C)OC(=O)CC(=O)OCc1ccc2c(c1)OCCOCCOc1ccc(COC(=O)CC(=O)OC(C)(C)C)cc1OCCOCCO2. The van der Waals surface area contributed by atoms with Crippen LogP contribution in [0.15, 0.2) is 36.4 Å². The molecule has 1 aliphatic rings. The summed E-state index contributed by atoms with van der Waals surface area (Å²) in [4.78, 5) is 48.1. The van der Waals surface area contributed by atoms with Crippen molar-refractivity contribution in [3.63, 3.8) is 0 Å². The van der Waals surface area contributed by atoms with Crippen LogP contribution in [0.5, 0.6) is 23.0 Å². The normalized spacial score (nSPS) is 14.7. The Morgan fingerprint density at radius 2 is 0.840 bits per heavy atom. The van der Waals surface area contributed by atoms with E-state index in [9.17, 15) is 19.2 Å². The van der Waals surface area contributed by atoms with E-state index in [0.717, 1.165) is 0 Å². The summed E-state index contributed by atoms with van der Waals surface area (Å²) in [6.07, 6.45) is -0.979. The van der Waals surface area contributed by atoms with Gasteiger partial charge in [0.2, 0.25) is 0 Å². The van der Waals surface area contributed by atoms with Crippen LogP contribution in [0.4, 0.5) is 0 Å². The first kappa shape index (κ1) is 39.9. The molecule has 14 nitrogen and oxygen atoms in total. The van der Waals surface area contributed by atoms with Crippen molar-refractivity contribution in [2.24, 2.45) is 0 Å². The third-order valence-electron chi connectivity index (χ3n) is 6.17. The van der Waals surface area contributed by atoms with Crippen molar-refractivity contribution in [1.82, 2.24) is 0 Å². The first-order chi connectivity index (χ1) is 23.7. The van der Waals surface area contributed by atoms with Crippen molar-refractivity contribution in [2.45, 2.75) is 78.8 Å². The third kappa shape index (κ3) is 16.2. The summed E-state index contributed by atoms with van der Waals surface area (Å²) in [5.41, 5.74) is -0.129. The zero-order valence-corrected chi connectivity index (χ0v) is 29.7. The highest BCUT2D eigenvalue weighted by Crippen LogP contribution is 2.30. The van der Waals surface area contributed by atoms with Gasteiger partial charge < -0.3 is 47.4 Å². The highest BCUT2D eigenvalue weighted by Gasteiger charge is 2.21. The van der Waals surface area contributed by atoms with E-state index in [2.05, 4.69) is 0 Å². The molecule has 3 rings (SSSR count). The number of carbonyl (C=O) groups excluding carboxylic acids is 4. The van der Waals surface area contributed by atoms with E-state index in [0.29, 0.717) is 34.1 Å². The predicted octanol–water partition coefficient (Wildman–Crippen LogP) is 4.50. The zero-order valence-electron chi connectivity index (χ0n) is 29.7. The number of fused-ring (bicyclic) bond motifs is 2. The maximum absolute atomic E-state index is 12.2. The molecule has 0 saturated carbocycles. The van der Waals surface area contributed by atoms with E-state index in [1.54, 1.807) is 77.9 Å². The first-order valence-electron chi connectivity index (χ1n) is 16.3. The van der Waals surface area contributed by atoms with Crippen LogP contribution in [-0.2, 0) is 60.8 Å². The summed E-state index contributed by atoms with van der Waals surface area (Å²) in [6.45, 7) is 12.0. The largest absolute Gasteiger partial charge is 0.487 e. The van der Waals surface area contributed by atoms with Crippen molar-refractivity contribution in [3.05, 3.63) is 47.5 Å². The lowest BCUT2D eigenvalue weighted by Crippen LogP contribution is -2.25. The number of hydrogen-bond donors (Lipinski definition) is 0.